The molecule has 166 valence electrons. The summed E-state index contributed by atoms with van der Waals surface area (Å²) in [7, 11) is 0. The van der Waals surface area contributed by atoms with E-state index < -0.39 is 17.8 Å². The van der Waals surface area contributed by atoms with Crippen LogP contribution in [0.2, 0.25) is 0 Å². The number of ether oxygens (including phenoxy) is 2. The average Bonchev–Trinajstić information content (AvgIpc) is 2.76. The molecule has 0 radical (unpaired) electrons. The van der Waals surface area contributed by atoms with Crippen LogP contribution in [0.15, 0.2) is 48.5 Å². The Kier molecular flexibility index (Phi) is 7.80. The third-order valence-corrected chi connectivity index (χ3v) is 5.87. The van der Waals surface area contributed by atoms with Gasteiger partial charge in [0.2, 0.25) is 0 Å². The minimum Gasteiger partial charge on any atom is -0.466 e. The molecule has 31 heavy (non-hydrogen) atoms. The van der Waals surface area contributed by atoms with Crippen molar-refractivity contribution in [1.29, 1.82) is 0 Å². The Morgan fingerprint density at radius 3 is 2.06 bits per heavy atom. The third-order valence-electron chi connectivity index (χ3n) is 5.87. The van der Waals surface area contributed by atoms with E-state index in [0.717, 1.165) is 5.56 Å². The van der Waals surface area contributed by atoms with Gasteiger partial charge < -0.3 is 9.47 Å². The summed E-state index contributed by atoms with van der Waals surface area (Å²) in [6, 6.07) is 14.7. The zero-order valence-electron chi connectivity index (χ0n) is 18.3. The van der Waals surface area contributed by atoms with E-state index in [2.05, 4.69) is 4.90 Å². The maximum Gasteiger partial charge on any atom is 0.310 e. The van der Waals surface area contributed by atoms with Crippen molar-refractivity contribution < 1.29 is 23.5 Å². The maximum absolute atomic E-state index is 14.4. The van der Waals surface area contributed by atoms with E-state index in [-0.39, 0.29) is 31.0 Å². The van der Waals surface area contributed by atoms with Gasteiger partial charge in [-0.2, -0.15) is 0 Å². The fourth-order valence-electron chi connectivity index (χ4n) is 4.47. The number of halogens is 1. The highest BCUT2D eigenvalue weighted by Gasteiger charge is 2.46. The first-order valence-electron chi connectivity index (χ1n) is 10.8. The van der Waals surface area contributed by atoms with Gasteiger partial charge in [-0.1, -0.05) is 42.5 Å². The van der Waals surface area contributed by atoms with Crippen LogP contribution in [-0.4, -0.2) is 43.1 Å². The second-order valence-corrected chi connectivity index (χ2v) is 7.88. The highest BCUT2D eigenvalue weighted by Crippen LogP contribution is 2.41. The molecule has 0 spiro atoms. The number of rotatable bonds is 7. The first-order valence-corrected chi connectivity index (χ1v) is 10.8. The molecule has 0 N–H and O–H groups in total. The number of carbonyl (C=O) groups excluding carboxylic acids is 2. The lowest BCUT2D eigenvalue weighted by atomic mass is 9.72. The van der Waals surface area contributed by atoms with Crippen LogP contribution in [0.1, 0.15) is 36.5 Å². The minimum absolute atomic E-state index is 0.243. The van der Waals surface area contributed by atoms with Crippen LogP contribution in [0, 0.1) is 24.6 Å². The Hall–Kier alpha value is -2.73. The lowest BCUT2D eigenvalue weighted by Crippen LogP contribution is -2.51. The van der Waals surface area contributed by atoms with Gasteiger partial charge in [0, 0.05) is 25.6 Å². The smallest absolute Gasteiger partial charge is 0.310 e. The number of benzene rings is 2. The van der Waals surface area contributed by atoms with Crippen LogP contribution in [-0.2, 0) is 25.6 Å². The summed E-state index contributed by atoms with van der Waals surface area (Å²) >= 11 is 0. The molecule has 1 fully saturated rings. The van der Waals surface area contributed by atoms with Gasteiger partial charge in [0.25, 0.3) is 0 Å². The highest BCUT2D eigenvalue weighted by atomic mass is 19.1. The number of likely N-dealkylation sites (tertiary alicyclic amines) is 1. The molecule has 2 aromatic carbocycles. The summed E-state index contributed by atoms with van der Waals surface area (Å²) in [5, 5.41) is 0. The summed E-state index contributed by atoms with van der Waals surface area (Å²) in [6.45, 7) is 7.13. The van der Waals surface area contributed by atoms with E-state index in [1.807, 2.05) is 30.3 Å². The Morgan fingerprint density at radius 1 is 0.935 bits per heavy atom. The number of piperidine rings is 1. The first-order chi connectivity index (χ1) is 15.0. The molecule has 0 amide bonds. The van der Waals surface area contributed by atoms with Gasteiger partial charge in [-0.05, 0) is 43.5 Å². The minimum atomic E-state index is -0.604. The van der Waals surface area contributed by atoms with E-state index in [0.29, 0.717) is 30.8 Å². The van der Waals surface area contributed by atoms with Crippen molar-refractivity contribution in [2.75, 3.05) is 26.3 Å². The third kappa shape index (κ3) is 5.31. The van der Waals surface area contributed by atoms with Crippen molar-refractivity contribution in [2.45, 2.75) is 33.2 Å². The number of hydrogen-bond donors (Lipinski definition) is 0. The fraction of sp³-hybridized carbons (Fsp3) is 0.440. The molecular weight excluding hydrogens is 397 g/mol. The van der Waals surface area contributed by atoms with Gasteiger partial charge in [-0.15, -0.1) is 0 Å². The zero-order chi connectivity index (χ0) is 22.4. The van der Waals surface area contributed by atoms with Crippen LogP contribution >= 0.6 is 0 Å². The molecule has 0 bridgehead atoms. The summed E-state index contributed by atoms with van der Waals surface area (Å²) in [6.07, 6.45) is 0. The molecule has 0 aliphatic carbocycles. The fourth-order valence-corrected chi connectivity index (χ4v) is 4.47. The molecule has 1 aliphatic heterocycles. The Bertz CT molecular complexity index is 874. The molecule has 0 saturated carbocycles. The van der Waals surface area contributed by atoms with Gasteiger partial charge in [0.1, 0.15) is 5.82 Å². The normalized spacial score (nSPS) is 21.5. The molecule has 1 saturated heterocycles. The van der Waals surface area contributed by atoms with Crippen molar-refractivity contribution in [3.05, 3.63) is 71.0 Å². The topological polar surface area (TPSA) is 55.8 Å². The Morgan fingerprint density at radius 2 is 1.52 bits per heavy atom. The zero-order valence-corrected chi connectivity index (χ0v) is 18.3. The van der Waals surface area contributed by atoms with Gasteiger partial charge in [-0.3, -0.25) is 14.5 Å². The van der Waals surface area contributed by atoms with Crippen molar-refractivity contribution in [3.63, 3.8) is 0 Å². The van der Waals surface area contributed by atoms with Gasteiger partial charge in [-0.25, -0.2) is 4.39 Å². The summed E-state index contributed by atoms with van der Waals surface area (Å²) in [4.78, 5) is 28.1. The molecule has 1 aliphatic rings. The SMILES string of the molecule is CCOC(=O)[C@H]1CN(Cc2ccccc2)C[C@@H](C(=O)OCC)C1c1cccc(F)c1C. The lowest BCUT2D eigenvalue weighted by molar-refractivity contribution is -0.158. The van der Waals surface area contributed by atoms with Crippen LogP contribution in [0.5, 0.6) is 0 Å². The van der Waals surface area contributed by atoms with E-state index in [9.17, 15) is 14.0 Å². The molecule has 6 heteroatoms. The van der Waals surface area contributed by atoms with Crippen molar-refractivity contribution in [1.82, 2.24) is 4.90 Å². The molecule has 3 rings (SSSR count). The van der Waals surface area contributed by atoms with Gasteiger partial charge >= 0.3 is 11.9 Å². The van der Waals surface area contributed by atoms with Gasteiger partial charge in [0.15, 0.2) is 0 Å². The van der Waals surface area contributed by atoms with Crippen LogP contribution in [0.4, 0.5) is 4.39 Å². The monoisotopic (exact) mass is 427 g/mol. The maximum atomic E-state index is 14.4. The standard InChI is InChI=1S/C25H30FNO4/c1-4-30-24(28)20-15-27(14-18-10-7-6-8-11-18)16-21(25(29)31-5-2)23(20)19-12-9-13-22(26)17(19)3/h6-13,20-21,23H,4-5,14-16H2,1-3H3/t20-,21+,23?. The van der Waals surface area contributed by atoms with Crippen molar-refractivity contribution in [2.24, 2.45) is 11.8 Å². The van der Waals surface area contributed by atoms with Crippen LogP contribution in [0.3, 0.4) is 0 Å². The molecule has 1 unspecified atom stereocenters. The number of hydrogen-bond acceptors (Lipinski definition) is 5. The number of esters is 2. The molecular formula is C25H30FNO4. The lowest BCUT2D eigenvalue weighted by Gasteiger charge is -2.42. The molecule has 5 nitrogen and oxygen atoms in total. The van der Waals surface area contributed by atoms with E-state index >= 15 is 0 Å². The Balaban J connectivity index is 2.02. The van der Waals surface area contributed by atoms with E-state index in [1.165, 1.54) is 6.07 Å². The largest absolute Gasteiger partial charge is 0.466 e. The number of nitrogens with zero attached hydrogens (tertiary/aromatic N) is 1. The van der Waals surface area contributed by atoms with Crippen molar-refractivity contribution >= 4 is 11.9 Å². The van der Waals surface area contributed by atoms with E-state index in [4.69, 9.17) is 9.47 Å². The second-order valence-electron chi connectivity index (χ2n) is 7.88. The number of carbonyl (C=O) groups is 2. The average molecular weight is 428 g/mol. The predicted molar refractivity (Wildman–Crippen MR) is 116 cm³/mol. The van der Waals surface area contributed by atoms with E-state index in [1.54, 1.807) is 32.9 Å². The van der Waals surface area contributed by atoms with Crippen LogP contribution < -0.4 is 0 Å². The summed E-state index contributed by atoms with van der Waals surface area (Å²) in [5.74, 6) is -2.82. The molecule has 2 aromatic rings. The molecule has 3 atom stereocenters. The summed E-state index contributed by atoms with van der Waals surface area (Å²) in [5.41, 5.74) is 2.20. The first kappa shape index (κ1) is 22.9. The quantitative estimate of drug-likeness (QED) is 0.623. The predicted octanol–water partition coefficient (Wildman–Crippen LogP) is 4.09. The highest BCUT2D eigenvalue weighted by molar-refractivity contribution is 5.79. The van der Waals surface area contributed by atoms with Gasteiger partial charge in [0.05, 0.1) is 25.0 Å². The Labute approximate surface area is 183 Å². The molecule has 1 heterocycles. The summed E-state index contributed by atoms with van der Waals surface area (Å²) < 4.78 is 25.2. The second kappa shape index (κ2) is 10.5. The van der Waals surface area contributed by atoms with Crippen LogP contribution in [0.25, 0.3) is 0 Å². The molecule has 0 aromatic heterocycles. The van der Waals surface area contributed by atoms with Crippen molar-refractivity contribution in [3.8, 4) is 0 Å².